The van der Waals surface area contributed by atoms with Crippen LogP contribution in [0.15, 0.2) is 18.2 Å². The molecule has 1 saturated heterocycles. The minimum atomic E-state index is -0.115. The molecule has 2 fully saturated rings. The van der Waals surface area contributed by atoms with Crippen LogP contribution in [0.4, 0.5) is 0 Å². The fraction of sp³-hybridized carbons (Fsp3) is 0.619. The number of ether oxygens (including phenoxy) is 2. The lowest BCUT2D eigenvalue weighted by atomic mass is 10.0. The van der Waals surface area contributed by atoms with Gasteiger partial charge in [-0.2, -0.15) is 5.26 Å². The molecule has 3 rings (SSSR count). The van der Waals surface area contributed by atoms with Crippen LogP contribution >= 0.6 is 0 Å². The fourth-order valence-corrected chi connectivity index (χ4v) is 4.09. The Labute approximate surface area is 161 Å². The Morgan fingerprint density at radius 3 is 2.63 bits per heavy atom. The van der Waals surface area contributed by atoms with E-state index in [1.54, 1.807) is 18.2 Å². The third kappa shape index (κ3) is 5.61. The average Bonchev–Trinajstić information content (AvgIpc) is 3.20. The van der Waals surface area contributed by atoms with Crippen molar-refractivity contribution in [3.8, 4) is 17.6 Å². The first-order chi connectivity index (χ1) is 13.2. The Morgan fingerprint density at radius 1 is 1.22 bits per heavy atom. The fourth-order valence-electron chi connectivity index (χ4n) is 4.09. The topological polar surface area (TPSA) is 74.6 Å². The van der Waals surface area contributed by atoms with Crippen molar-refractivity contribution < 1.29 is 14.3 Å². The molecular weight excluding hydrogens is 342 g/mol. The lowest BCUT2D eigenvalue weighted by Gasteiger charge is -2.33. The van der Waals surface area contributed by atoms with Crippen LogP contribution in [0.3, 0.4) is 0 Å². The number of rotatable bonds is 7. The Bertz CT molecular complexity index is 672. The second-order valence-corrected chi connectivity index (χ2v) is 7.56. The molecule has 0 bridgehead atoms. The number of methoxy groups -OCH3 is 1. The summed E-state index contributed by atoms with van der Waals surface area (Å²) in [5.74, 6) is 1.70. The standard InChI is InChI=1S/C21H29N3O3/c1-26-20-12-17(13-22)6-7-19(20)27-15-21(25)23-18-8-10-24(11-9-18)14-16-4-2-3-5-16/h6-7,12,16,18H,2-5,8-11,14-15H2,1H3,(H,23,25). The third-order valence-electron chi connectivity index (χ3n) is 5.60. The average molecular weight is 371 g/mol. The maximum Gasteiger partial charge on any atom is 0.258 e. The van der Waals surface area contributed by atoms with Gasteiger partial charge >= 0.3 is 0 Å². The predicted molar refractivity (Wildman–Crippen MR) is 103 cm³/mol. The number of nitrogens with zero attached hydrogens (tertiary/aromatic N) is 2. The Kier molecular flexibility index (Phi) is 6.94. The predicted octanol–water partition coefficient (Wildman–Crippen LogP) is 2.72. The second kappa shape index (κ2) is 9.61. The maximum absolute atomic E-state index is 12.2. The molecule has 0 unspecified atom stereocenters. The minimum Gasteiger partial charge on any atom is -0.493 e. The van der Waals surface area contributed by atoms with Crippen LogP contribution in [0.5, 0.6) is 11.5 Å². The van der Waals surface area contributed by atoms with Crippen molar-refractivity contribution in [3.63, 3.8) is 0 Å². The normalized spacial score (nSPS) is 18.8. The summed E-state index contributed by atoms with van der Waals surface area (Å²) in [7, 11) is 1.52. The quantitative estimate of drug-likeness (QED) is 0.798. The van der Waals surface area contributed by atoms with Gasteiger partial charge in [-0.05, 0) is 43.7 Å². The van der Waals surface area contributed by atoms with Crippen molar-refractivity contribution in [1.29, 1.82) is 5.26 Å². The minimum absolute atomic E-state index is 0.0510. The van der Waals surface area contributed by atoms with E-state index < -0.39 is 0 Å². The molecule has 0 spiro atoms. The molecule has 2 aliphatic rings. The Morgan fingerprint density at radius 2 is 1.96 bits per heavy atom. The van der Waals surface area contributed by atoms with E-state index in [2.05, 4.69) is 16.3 Å². The van der Waals surface area contributed by atoms with Crippen molar-refractivity contribution in [2.24, 2.45) is 5.92 Å². The van der Waals surface area contributed by atoms with E-state index in [4.69, 9.17) is 14.7 Å². The molecule has 27 heavy (non-hydrogen) atoms. The van der Waals surface area contributed by atoms with Gasteiger partial charge < -0.3 is 19.7 Å². The van der Waals surface area contributed by atoms with Crippen LogP contribution in [0.1, 0.15) is 44.1 Å². The zero-order valence-corrected chi connectivity index (χ0v) is 16.1. The highest BCUT2D eigenvalue weighted by atomic mass is 16.5. The maximum atomic E-state index is 12.2. The number of hydrogen-bond donors (Lipinski definition) is 1. The van der Waals surface area contributed by atoms with Crippen molar-refractivity contribution in [3.05, 3.63) is 23.8 Å². The summed E-state index contributed by atoms with van der Waals surface area (Å²) < 4.78 is 10.8. The molecule has 1 saturated carbocycles. The molecule has 1 aromatic rings. The summed E-state index contributed by atoms with van der Waals surface area (Å²) in [4.78, 5) is 14.8. The van der Waals surface area contributed by atoms with Crippen LogP contribution in [-0.2, 0) is 4.79 Å². The molecule has 146 valence electrons. The van der Waals surface area contributed by atoms with Gasteiger partial charge in [0.05, 0.1) is 18.7 Å². The number of likely N-dealkylation sites (tertiary alicyclic amines) is 1. The lowest BCUT2D eigenvalue weighted by Crippen LogP contribution is -2.46. The molecule has 0 atom stereocenters. The summed E-state index contributed by atoms with van der Waals surface area (Å²) in [6.45, 7) is 3.30. The number of carbonyl (C=O) groups is 1. The van der Waals surface area contributed by atoms with Gasteiger partial charge in [0.2, 0.25) is 0 Å². The third-order valence-corrected chi connectivity index (χ3v) is 5.60. The van der Waals surface area contributed by atoms with Crippen LogP contribution in [0.25, 0.3) is 0 Å². The first-order valence-corrected chi connectivity index (χ1v) is 9.90. The summed E-state index contributed by atoms with van der Waals surface area (Å²) in [5.41, 5.74) is 0.494. The summed E-state index contributed by atoms with van der Waals surface area (Å²) in [5, 5.41) is 12.0. The summed E-state index contributed by atoms with van der Waals surface area (Å²) in [6.07, 6.45) is 7.54. The van der Waals surface area contributed by atoms with E-state index in [1.807, 2.05) is 0 Å². The van der Waals surface area contributed by atoms with Crippen molar-refractivity contribution in [2.45, 2.75) is 44.6 Å². The number of hydrogen-bond acceptors (Lipinski definition) is 5. The largest absolute Gasteiger partial charge is 0.493 e. The van der Waals surface area contributed by atoms with Gasteiger partial charge in [0, 0.05) is 31.7 Å². The number of nitrogens with one attached hydrogen (secondary N) is 1. The highest BCUT2D eigenvalue weighted by Crippen LogP contribution is 2.28. The molecule has 6 nitrogen and oxygen atoms in total. The number of piperidine rings is 1. The highest BCUT2D eigenvalue weighted by Gasteiger charge is 2.24. The van der Waals surface area contributed by atoms with Gasteiger partial charge in [-0.25, -0.2) is 0 Å². The van der Waals surface area contributed by atoms with Gasteiger partial charge in [0.15, 0.2) is 18.1 Å². The molecule has 1 aromatic carbocycles. The first kappa shape index (κ1) is 19.5. The van der Waals surface area contributed by atoms with Crippen LogP contribution in [0.2, 0.25) is 0 Å². The first-order valence-electron chi connectivity index (χ1n) is 9.90. The smallest absolute Gasteiger partial charge is 0.258 e. The monoisotopic (exact) mass is 371 g/mol. The SMILES string of the molecule is COc1cc(C#N)ccc1OCC(=O)NC1CCN(CC2CCCC2)CC1. The van der Waals surface area contributed by atoms with Crippen LogP contribution in [0, 0.1) is 17.2 Å². The number of nitriles is 1. The molecule has 1 N–H and O–H groups in total. The van der Waals surface area contributed by atoms with Gasteiger partial charge in [-0.3, -0.25) is 4.79 Å². The molecule has 1 heterocycles. The Hall–Kier alpha value is -2.26. The molecule has 6 heteroatoms. The zero-order chi connectivity index (χ0) is 19.1. The van der Waals surface area contributed by atoms with Crippen molar-refractivity contribution in [1.82, 2.24) is 10.2 Å². The molecule has 0 aromatic heterocycles. The van der Waals surface area contributed by atoms with Crippen molar-refractivity contribution >= 4 is 5.91 Å². The summed E-state index contributed by atoms with van der Waals surface area (Å²) in [6, 6.07) is 7.19. The number of benzene rings is 1. The van der Waals surface area contributed by atoms with Gasteiger partial charge in [0.25, 0.3) is 5.91 Å². The molecular formula is C21H29N3O3. The van der Waals surface area contributed by atoms with E-state index in [-0.39, 0.29) is 18.6 Å². The zero-order valence-electron chi connectivity index (χ0n) is 16.1. The van der Waals surface area contributed by atoms with Gasteiger partial charge in [-0.15, -0.1) is 0 Å². The summed E-state index contributed by atoms with van der Waals surface area (Å²) >= 11 is 0. The van der Waals surface area contributed by atoms with Gasteiger partial charge in [-0.1, -0.05) is 12.8 Å². The number of carbonyl (C=O) groups excluding carboxylic acids is 1. The van der Waals surface area contributed by atoms with Crippen LogP contribution in [-0.4, -0.2) is 50.2 Å². The van der Waals surface area contributed by atoms with E-state index in [0.717, 1.165) is 31.8 Å². The highest BCUT2D eigenvalue weighted by molar-refractivity contribution is 5.78. The molecule has 1 aliphatic carbocycles. The molecule has 1 aliphatic heterocycles. The van der Waals surface area contributed by atoms with E-state index in [1.165, 1.54) is 39.3 Å². The van der Waals surface area contributed by atoms with Gasteiger partial charge in [0.1, 0.15) is 0 Å². The Balaban J connectivity index is 1.39. The lowest BCUT2D eigenvalue weighted by molar-refractivity contribution is -0.124. The molecule has 1 amide bonds. The number of amides is 1. The molecule has 0 radical (unpaired) electrons. The van der Waals surface area contributed by atoms with Crippen molar-refractivity contribution in [2.75, 3.05) is 33.4 Å². The van der Waals surface area contributed by atoms with E-state index >= 15 is 0 Å². The van der Waals surface area contributed by atoms with E-state index in [9.17, 15) is 4.79 Å². The van der Waals surface area contributed by atoms with Crippen LogP contribution < -0.4 is 14.8 Å². The second-order valence-electron chi connectivity index (χ2n) is 7.56. The van der Waals surface area contributed by atoms with E-state index in [0.29, 0.717) is 17.1 Å².